The van der Waals surface area contributed by atoms with Crippen molar-refractivity contribution in [2.75, 3.05) is 0 Å². The summed E-state index contributed by atoms with van der Waals surface area (Å²) >= 11 is 0. The highest BCUT2D eigenvalue weighted by Crippen LogP contribution is 2.29. The van der Waals surface area contributed by atoms with Gasteiger partial charge in [-0.15, -0.1) is 9.24 Å². The van der Waals surface area contributed by atoms with Crippen molar-refractivity contribution in [1.29, 1.82) is 0 Å². The van der Waals surface area contributed by atoms with Crippen molar-refractivity contribution in [2.24, 2.45) is 0 Å². The van der Waals surface area contributed by atoms with Crippen molar-refractivity contribution in [2.45, 2.75) is 0 Å². The predicted octanol–water partition coefficient (Wildman–Crippen LogP) is 6.13. The van der Waals surface area contributed by atoms with Crippen LogP contribution in [0, 0.1) is 0 Å². The summed E-state index contributed by atoms with van der Waals surface area (Å²) in [4.78, 5) is 8.99. The van der Waals surface area contributed by atoms with Gasteiger partial charge in [0.05, 0.1) is 11.4 Å². The van der Waals surface area contributed by atoms with Crippen molar-refractivity contribution in [3.05, 3.63) is 103 Å². The molecule has 0 spiro atoms. The number of hydrogen-bond acceptors (Lipinski definition) is 2. The van der Waals surface area contributed by atoms with Gasteiger partial charge in [-0.3, -0.25) is 9.97 Å². The minimum Gasteiger partial charge on any atom is -0.255 e. The molecule has 29 heavy (non-hydrogen) atoms. The second kappa shape index (κ2) is 7.58. The lowest BCUT2D eigenvalue weighted by Gasteiger charge is -2.08. The predicted molar refractivity (Wildman–Crippen MR) is 125 cm³/mol. The Morgan fingerprint density at radius 2 is 1.17 bits per heavy atom. The third-order valence-corrected chi connectivity index (χ3v) is 5.49. The molecular formula is C26H19N2P. The summed E-state index contributed by atoms with van der Waals surface area (Å²) in [6.07, 6.45) is 3.71. The van der Waals surface area contributed by atoms with Crippen LogP contribution < -0.4 is 5.30 Å². The molecule has 0 aliphatic carbocycles. The summed E-state index contributed by atoms with van der Waals surface area (Å²) in [6, 6.07) is 31.8. The molecule has 1 unspecified atom stereocenters. The van der Waals surface area contributed by atoms with Crippen LogP contribution in [0.15, 0.2) is 103 Å². The van der Waals surface area contributed by atoms with Gasteiger partial charge in [0.2, 0.25) is 0 Å². The SMILES string of the molecule is Pc1ccc(-c2ccc3ccc(-c4ccc(-c5ccccn5)nc4)cc3c2)cc1. The van der Waals surface area contributed by atoms with Gasteiger partial charge in [-0.25, -0.2) is 0 Å². The van der Waals surface area contributed by atoms with Crippen LogP contribution in [0.3, 0.4) is 0 Å². The van der Waals surface area contributed by atoms with Crippen LogP contribution in [0.4, 0.5) is 0 Å². The van der Waals surface area contributed by atoms with E-state index in [0.29, 0.717) is 0 Å². The van der Waals surface area contributed by atoms with Gasteiger partial charge in [0.1, 0.15) is 0 Å². The fraction of sp³-hybridized carbons (Fsp3) is 0. The molecule has 0 amide bonds. The first kappa shape index (κ1) is 17.7. The highest BCUT2D eigenvalue weighted by molar-refractivity contribution is 7.27. The summed E-state index contributed by atoms with van der Waals surface area (Å²) in [5, 5.41) is 3.65. The lowest BCUT2D eigenvalue weighted by atomic mass is 9.98. The Bertz CT molecular complexity index is 1280. The Morgan fingerprint density at radius 1 is 0.517 bits per heavy atom. The van der Waals surface area contributed by atoms with Gasteiger partial charge in [0.15, 0.2) is 0 Å². The second-order valence-corrected chi connectivity index (χ2v) is 7.71. The fourth-order valence-electron chi connectivity index (χ4n) is 3.51. The monoisotopic (exact) mass is 390 g/mol. The molecule has 0 N–H and O–H groups in total. The van der Waals surface area contributed by atoms with E-state index in [-0.39, 0.29) is 0 Å². The summed E-state index contributed by atoms with van der Waals surface area (Å²) in [6.45, 7) is 0. The molecule has 138 valence electrons. The van der Waals surface area contributed by atoms with Crippen LogP contribution in [0.2, 0.25) is 0 Å². The number of hydrogen-bond donors (Lipinski definition) is 0. The Balaban J connectivity index is 1.51. The van der Waals surface area contributed by atoms with Crippen LogP contribution in [0.25, 0.3) is 44.4 Å². The van der Waals surface area contributed by atoms with E-state index in [1.165, 1.54) is 27.2 Å². The summed E-state index contributed by atoms with van der Waals surface area (Å²) in [5.74, 6) is 0. The zero-order valence-corrected chi connectivity index (χ0v) is 16.9. The molecule has 5 rings (SSSR count). The first-order valence-corrected chi connectivity index (χ1v) is 10.1. The standard InChI is InChI=1S/C26H19N2P/c29-24-11-8-18(9-12-24)20-6-4-19-5-7-21(16-23(19)15-20)22-10-13-26(28-17-22)25-3-1-2-14-27-25/h1-17H,29H2. The van der Waals surface area contributed by atoms with Gasteiger partial charge in [-0.2, -0.15) is 0 Å². The second-order valence-electron chi connectivity index (χ2n) is 7.05. The van der Waals surface area contributed by atoms with Gasteiger partial charge in [-0.05, 0) is 63.1 Å². The van der Waals surface area contributed by atoms with E-state index in [1.807, 2.05) is 30.5 Å². The van der Waals surface area contributed by atoms with Crippen molar-refractivity contribution < 1.29 is 0 Å². The Kier molecular flexibility index (Phi) is 4.63. The Hall–Kier alpha value is -3.35. The normalized spacial score (nSPS) is 10.9. The lowest BCUT2D eigenvalue weighted by Crippen LogP contribution is -1.88. The number of pyridine rings is 2. The zero-order chi connectivity index (χ0) is 19.6. The Morgan fingerprint density at radius 3 is 1.83 bits per heavy atom. The van der Waals surface area contributed by atoms with Crippen LogP contribution in [0.5, 0.6) is 0 Å². The smallest absolute Gasteiger partial charge is 0.0886 e. The van der Waals surface area contributed by atoms with Crippen molar-refractivity contribution in [1.82, 2.24) is 9.97 Å². The molecule has 0 bridgehead atoms. The highest BCUT2D eigenvalue weighted by Gasteiger charge is 2.05. The minimum atomic E-state index is 0.884. The van der Waals surface area contributed by atoms with Gasteiger partial charge >= 0.3 is 0 Å². The molecule has 0 saturated carbocycles. The molecule has 0 fully saturated rings. The van der Waals surface area contributed by atoms with Gasteiger partial charge in [-0.1, -0.05) is 60.7 Å². The van der Waals surface area contributed by atoms with Crippen molar-refractivity contribution in [3.8, 4) is 33.6 Å². The Labute approximate surface area is 172 Å². The van der Waals surface area contributed by atoms with E-state index in [0.717, 1.165) is 22.5 Å². The molecule has 3 heteroatoms. The molecule has 3 aromatic carbocycles. The van der Waals surface area contributed by atoms with Gasteiger partial charge < -0.3 is 0 Å². The van der Waals surface area contributed by atoms with Gasteiger partial charge in [0.25, 0.3) is 0 Å². The first-order valence-electron chi connectivity index (χ1n) is 9.54. The van der Waals surface area contributed by atoms with E-state index < -0.39 is 0 Å². The van der Waals surface area contributed by atoms with Crippen molar-refractivity contribution >= 4 is 25.3 Å². The zero-order valence-electron chi connectivity index (χ0n) is 15.8. The molecule has 5 aromatic rings. The molecule has 2 aromatic heterocycles. The van der Waals surface area contributed by atoms with E-state index in [9.17, 15) is 0 Å². The average molecular weight is 390 g/mol. The average Bonchev–Trinajstić information content (AvgIpc) is 2.79. The maximum Gasteiger partial charge on any atom is 0.0886 e. The van der Waals surface area contributed by atoms with Crippen molar-refractivity contribution in [3.63, 3.8) is 0 Å². The number of benzene rings is 3. The topological polar surface area (TPSA) is 25.8 Å². The summed E-state index contributed by atoms with van der Waals surface area (Å²) in [5.41, 5.74) is 6.49. The minimum absolute atomic E-state index is 0.884. The third-order valence-electron chi connectivity index (χ3n) is 5.11. The van der Waals surface area contributed by atoms with Crippen LogP contribution in [0.1, 0.15) is 0 Å². The molecule has 0 radical (unpaired) electrons. The number of rotatable bonds is 3. The van der Waals surface area contributed by atoms with E-state index >= 15 is 0 Å². The third kappa shape index (κ3) is 3.68. The van der Waals surface area contributed by atoms with Crippen LogP contribution in [-0.2, 0) is 0 Å². The molecule has 0 saturated heterocycles. The summed E-state index contributed by atoms with van der Waals surface area (Å²) < 4.78 is 0. The van der Waals surface area contributed by atoms with E-state index in [1.54, 1.807) is 6.20 Å². The van der Waals surface area contributed by atoms with Gasteiger partial charge in [0, 0.05) is 18.0 Å². The first-order chi connectivity index (χ1) is 14.3. The maximum atomic E-state index is 4.61. The quantitative estimate of drug-likeness (QED) is 0.346. The number of fused-ring (bicyclic) bond motifs is 1. The fourth-order valence-corrected chi connectivity index (χ4v) is 3.70. The molecular weight excluding hydrogens is 371 g/mol. The summed E-state index contributed by atoms with van der Waals surface area (Å²) in [7, 11) is 2.73. The highest BCUT2D eigenvalue weighted by atomic mass is 31.0. The molecule has 0 aliphatic rings. The van der Waals surface area contributed by atoms with Crippen LogP contribution >= 0.6 is 9.24 Å². The number of nitrogens with zero attached hydrogens (tertiary/aromatic N) is 2. The number of aromatic nitrogens is 2. The molecule has 2 heterocycles. The molecule has 0 aliphatic heterocycles. The largest absolute Gasteiger partial charge is 0.255 e. The van der Waals surface area contributed by atoms with E-state index in [2.05, 4.69) is 85.9 Å². The maximum absolute atomic E-state index is 4.61. The lowest BCUT2D eigenvalue weighted by molar-refractivity contribution is 1.25. The molecule has 1 atom stereocenters. The van der Waals surface area contributed by atoms with E-state index in [4.69, 9.17) is 0 Å². The van der Waals surface area contributed by atoms with Crippen LogP contribution in [-0.4, -0.2) is 9.97 Å². The molecule has 2 nitrogen and oxygen atoms in total.